The number of phenolic OH excluding ortho intramolecular Hbond substituents is 1. The normalized spacial score (nSPS) is 15.7. The monoisotopic (exact) mass is 1030 g/mol. The first-order valence-electron chi connectivity index (χ1n) is 22.8. The Kier molecular flexibility index (Phi) is 24.9. The van der Waals surface area contributed by atoms with Gasteiger partial charge in [0.25, 0.3) is 0 Å². The second kappa shape index (κ2) is 29.6. The van der Waals surface area contributed by atoms with Gasteiger partial charge in [-0.1, -0.05) is 46.2 Å². The molecule has 1 aromatic heterocycles. The van der Waals surface area contributed by atoms with E-state index in [-0.39, 0.29) is 57.0 Å². The molecule has 0 aliphatic carbocycles. The van der Waals surface area contributed by atoms with E-state index in [9.17, 15) is 56.6 Å². The van der Waals surface area contributed by atoms with Crippen LogP contribution in [-0.4, -0.2) is 165 Å². The Labute approximate surface area is 412 Å². The fourth-order valence-electron chi connectivity index (χ4n) is 7.12. The number of nitrogens with one attached hydrogen (secondary N) is 8. The summed E-state index contributed by atoms with van der Waals surface area (Å²) in [6.07, 6.45) is -0.820. The Morgan fingerprint density at radius 2 is 1.44 bits per heavy atom. The average Bonchev–Trinajstić information content (AvgIpc) is 4.03. The van der Waals surface area contributed by atoms with Crippen LogP contribution in [0.2, 0.25) is 0 Å². The lowest BCUT2D eigenvalue weighted by Gasteiger charge is -2.31. The second-order valence-electron chi connectivity index (χ2n) is 17.1. The molecule has 1 aromatic carbocycles. The molecule has 0 bridgehead atoms. The maximum absolute atomic E-state index is 14.4. The third kappa shape index (κ3) is 20.8. The van der Waals surface area contributed by atoms with Gasteiger partial charge in [-0.25, -0.2) is 9.78 Å². The number of carbonyl (C=O) groups is 9. The number of halogens is 3. The molecule has 1 aliphatic heterocycles. The Balaban J connectivity index is 0.00000235. The largest absolute Gasteiger partial charge is 0.508 e. The molecule has 72 heavy (non-hydrogen) atoms. The quantitative estimate of drug-likeness (QED) is 0.0279. The van der Waals surface area contributed by atoms with E-state index in [1.165, 1.54) is 29.6 Å². The first kappa shape index (κ1) is 60.6. The van der Waals surface area contributed by atoms with Gasteiger partial charge in [-0.3, -0.25) is 43.3 Å². The maximum atomic E-state index is 14.4. The smallest absolute Gasteiger partial charge is 0.490 e. The number of amides is 7. The van der Waals surface area contributed by atoms with Crippen LogP contribution in [0.1, 0.15) is 71.1 Å². The number of rotatable bonds is 26. The molecule has 0 saturated carbocycles. The minimum absolute atomic E-state index is 0.0371. The van der Waals surface area contributed by atoms with Crippen LogP contribution >= 0.6 is 0 Å². The first-order valence-corrected chi connectivity index (χ1v) is 22.8. The van der Waals surface area contributed by atoms with E-state index in [1.54, 1.807) is 46.9 Å². The van der Waals surface area contributed by atoms with Crippen LogP contribution in [0.15, 0.2) is 41.8 Å². The molecular weight excluding hydrogens is 960 g/mol. The average molecular weight is 1030 g/mol. The Bertz CT molecular complexity index is 2180. The number of alkyl halides is 3. The van der Waals surface area contributed by atoms with Gasteiger partial charge in [0, 0.05) is 37.8 Å². The number of carbonyl (C=O) groups excluding carboxylic acids is 7. The van der Waals surface area contributed by atoms with Crippen molar-refractivity contribution in [2.75, 3.05) is 33.2 Å². The van der Waals surface area contributed by atoms with Gasteiger partial charge >= 0.3 is 18.1 Å². The summed E-state index contributed by atoms with van der Waals surface area (Å²) in [5.74, 6) is -9.85. The van der Waals surface area contributed by atoms with E-state index in [1.807, 2.05) is 0 Å². The molecule has 400 valence electrons. The lowest BCUT2D eigenvalue weighted by Crippen LogP contribution is -2.62. The van der Waals surface area contributed by atoms with Crippen LogP contribution in [0, 0.1) is 11.8 Å². The van der Waals surface area contributed by atoms with Crippen molar-refractivity contribution >= 4 is 59.2 Å². The van der Waals surface area contributed by atoms with E-state index in [4.69, 9.17) is 26.5 Å². The number of phenols is 1. The molecule has 1 saturated heterocycles. The number of hydrogen-bond acceptors (Lipinski definition) is 13. The Morgan fingerprint density at radius 3 is 1.99 bits per heavy atom. The van der Waals surface area contributed by atoms with E-state index < -0.39 is 114 Å². The van der Waals surface area contributed by atoms with Crippen molar-refractivity contribution in [1.82, 2.24) is 52.1 Å². The molecule has 1 aliphatic rings. The highest BCUT2D eigenvalue weighted by Gasteiger charge is 2.41. The van der Waals surface area contributed by atoms with Crippen molar-refractivity contribution in [2.24, 2.45) is 28.3 Å². The fraction of sp³-hybridized carbons (Fsp3) is 0.568. The van der Waals surface area contributed by atoms with Gasteiger partial charge in [-0.15, -0.1) is 0 Å². The molecular formula is C44H66F3N13O12. The molecule has 3 rings (SSSR count). The lowest BCUT2D eigenvalue weighted by molar-refractivity contribution is -0.192. The van der Waals surface area contributed by atoms with Crippen LogP contribution in [0.3, 0.4) is 0 Å². The third-order valence-corrected chi connectivity index (χ3v) is 11.1. The highest BCUT2D eigenvalue weighted by Crippen LogP contribution is 2.21. The van der Waals surface area contributed by atoms with Gasteiger partial charge in [-0.2, -0.15) is 13.2 Å². The van der Waals surface area contributed by atoms with Crippen molar-refractivity contribution in [1.29, 1.82) is 0 Å². The van der Waals surface area contributed by atoms with Crippen LogP contribution in [0.5, 0.6) is 5.75 Å². The number of guanidine groups is 1. The topological polar surface area (TPSA) is 395 Å². The molecule has 0 spiro atoms. The number of nitrogens with two attached hydrogens (primary N) is 2. The zero-order valence-corrected chi connectivity index (χ0v) is 40.5. The number of aromatic hydroxyl groups is 1. The van der Waals surface area contributed by atoms with Crippen molar-refractivity contribution in [2.45, 2.75) is 115 Å². The van der Waals surface area contributed by atoms with Gasteiger partial charge in [0.1, 0.15) is 48.5 Å². The summed E-state index contributed by atoms with van der Waals surface area (Å²) >= 11 is 0. The highest BCUT2D eigenvalue weighted by atomic mass is 19.4. The molecule has 2 heterocycles. The van der Waals surface area contributed by atoms with Gasteiger partial charge < -0.3 is 73.9 Å². The molecule has 7 amide bonds. The van der Waals surface area contributed by atoms with Crippen LogP contribution in [0.25, 0.3) is 0 Å². The number of H-pyrrole nitrogens is 1. The zero-order chi connectivity index (χ0) is 54.3. The number of likely N-dealkylation sites (tertiary alicyclic amines) is 1. The van der Waals surface area contributed by atoms with Crippen LogP contribution in [0.4, 0.5) is 13.2 Å². The van der Waals surface area contributed by atoms with Gasteiger partial charge in [-0.05, 0) is 62.3 Å². The van der Waals surface area contributed by atoms with Gasteiger partial charge in [0.05, 0.1) is 12.9 Å². The fourth-order valence-corrected chi connectivity index (χ4v) is 7.12. The van der Waals surface area contributed by atoms with Crippen LogP contribution in [-0.2, 0) is 56.0 Å². The number of carboxylic acids is 2. The van der Waals surface area contributed by atoms with Crippen molar-refractivity contribution in [3.8, 4) is 5.75 Å². The van der Waals surface area contributed by atoms with E-state index >= 15 is 0 Å². The summed E-state index contributed by atoms with van der Waals surface area (Å²) < 4.78 is 31.7. The SMILES string of the molecule is CC[C@H](C)[C@H](NC(=O)[C@H](Cc1ccc(O)cc1)NC(=O)[C@@H](NC(=O)[C@H](CCCN=C(N)N)NC(=O)CNC)C(C)C)C(=O)N[C@@H](Cc1cnc[nH]1)C(=O)N1CCC[C@H]1C(=O)NCC(=O)O.O=C(O)C(F)(F)F. The highest BCUT2D eigenvalue weighted by molar-refractivity contribution is 5.98. The number of aliphatic carboxylic acids is 2. The minimum atomic E-state index is -5.08. The summed E-state index contributed by atoms with van der Waals surface area (Å²) in [7, 11) is 1.57. The summed E-state index contributed by atoms with van der Waals surface area (Å²) in [4.78, 5) is 128. The molecule has 0 radical (unpaired) electrons. The number of nitrogens with zero attached hydrogens (tertiary/aromatic N) is 3. The lowest BCUT2D eigenvalue weighted by atomic mass is 9.96. The molecule has 28 heteroatoms. The number of imidazole rings is 1. The maximum Gasteiger partial charge on any atom is 0.490 e. The zero-order valence-electron chi connectivity index (χ0n) is 40.5. The van der Waals surface area contributed by atoms with Crippen molar-refractivity contribution in [3.63, 3.8) is 0 Å². The number of likely N-dealkylation sites (N-methyl/N-ethyl adjacent to an activating group) is 1. The number of aliphatic imine (C=N–C) groups is 1. The number of benzene rings is 1. The van der Waals surface area contributed by atoms with E-state index in [2.05, 4.69) is 52.2 Å². The standard InChI is InChI=1S/C42H65N13O10.C2HF3O2/c1-6-24(4)35(40(64)52-30(18-26-19-46-22-49-26)41(65)55-16-8-10-31(55)38(62)48-21-33(58)59)54-37(61)29(17-25-11-13-27(56)14-12-25)51-39(63)34(23(2)3)53-36(60)28(50-32(57)20-45-5)9-7-15-47-42(43)44;3-2(4,5)1(6)7/h11-14,19,22-24,28-31,34-35,45,56H,6-10,15-18,20-21H2,1-5H3,(H,46,49)(H,48,62)(H,50,57)(H,51,63)(H,52,64)(H,53,60)(H,54,61)(H,58,59)(H4,43,44,47);(H,6,7)/t24-,28-,29-,30-,31-,34-,35-;/m0./s1. The summed E-state index contributed by atoms with van der Waals surface area (Å²) in [5, 5.41) is 44.8. The number of aromatic amines is 1. The molecule has 1 fully saturated rings. The summed E-state index contributed by atoms with van der Waals surface area (Å²) in [5.41, 5.74) is 11.9. The van der Waals surface area contributed by atoms with Gasteiger partial charge in [0.15, 0.2) is 5.96 Å². The van der Waals surface area contributed by atoms with E-state index in [0.29, 0.717) is 30.5 Å². The number of hydrogen-bond donors (Lipinski definition) is 13. The van der Waals surface area contributed by atoms with Crippen molar-refractivity contribution < 1.29 is 71.6 Å². The summed E-state index contributed by atoms with van der Waals surface area (Å²) in [6.45, 7) is 6.53. The Morgan fingerprint density at radius 1 is 0.847 bits per heavy atom. The van der Waals surface area contributed by atoms with Crippen LogP contribution < -0.4 is 48.7 Å². The predicted octanol–water partition coefficient (Wildman–Crippen LogP) is -1.88. The van der Waals surface area contributed by atoms with Crippen molar-refractivity contribution in [3.05, 3.63) is 48.0 Å². The third-order valence-electron chi connectivity index (χ3n) is 11.1. The second-order valence-corrected chi connectivity index (χ2v) is 17.1. The molecule has 0 unspecified atom stereocenters. The number of carboxylic acid groups (broad SMARTS) is 2. The van der Waals surface area contributed by atoms with Gasteiger partial charge in [0.2, 0.25) is 41.4 Å². The molecule has 7 atom stereocenters. The minimum Gasteiger partial charge on any atom is -0.508 e. The summed E-state index contributed by atoms with van der Waals surface area (Å²) in [6, 6.07) is -1.16. The predicted molar refractivity (Wildman–Crippen MR) is 251 cm³/mol. The first-order chi connectivity index (χ1) is 33.8. The number of aromatic nitrogens is 2. The molecule has 2 aromatic rings. The molecule has 15 N–H and O–H groups in total. The van der Waals surface area contributed by atoms with E-state index in [0.717, 1.165) is 0 Å². The molecule has 25 nitrogen and oxygen atoms in total. The Hall–Kier alpha value is -7.52.